The maximum absolute atomic E-state index is 13.6. The number of benzene rings is 4. The molecule has 0 bridgehead atoms. The third-order valence-electron chi connectivity index (χ3n) is 6.11. The van der Waals surface area contributed by atoms with Gasteiger partial charge in [0.25, 0.3) is 15.9 Å². The van der Waals surface area contributed by atoms with Crippen LogP contribution in [0, 0.1) is 5.82 Å². The zero-order valence-corrected chi connectivity index (χ0v) is 23.2. The van der Waals surface area contributed by atoms with Gasteiger partial charge in [0.2, 0.25) is 5.91 Å². The molecule has 0 atom stereocenters. The van der Waals surface area contributed by atoms with Gasteiger partial charge in [-0.05, 0) is 79.6 Å². The number of rotatable bonds is 12. The fourth-order valence-electron chi connectivity index (χ4n) is 4.09. The monoisotopic (exact) mass is 575 g/mol. The van der Waals surface area contributed by atoms with Gasteiger partial charge in [-0.25, -0.2) is 12.8 Å². The number of amides is 2. The number of para-hydroxylation sites is 1. The van der Waals surface area contributed by atoms with E-state index in [-0.39, 0.29) is 27.7 Å². The molecule has 2 amide bonds. The van der Waals surface area contributed by atoms with Crippen molar-refractivity contribution < 1.29 is 27.1 Å². The lowest BCUT2D eigenvalue weighted by Crippen LogP contribution is -2.38. The van der Waals surface area contributed by atoms with Crippen LogP contribution in [0.4, 0.5) is 15.8 Å². The van der Waals surface area contributed by atoms with Crippen LogP contribution in [0.25, 0.3) is 0 Å². The van der Waals surface area contributed by atoms with Gasteiger partial charge in [-0.15, -0.1) is 0 Å². The minimum Gasteiger partial charge on any atom is -0.494 e. The maximum atomic E-state index is 13.6. The lowest BCUT2D eigenvalue weighted by atomic mass is 10.1. The number of nitrogens with one attached hydrogen (secondary N) is 2. The summed E-state index contributed by atoms with van der Waals surface area (Å²) >= 11 is 0. The molecule has 0 saturated carbocycles. The van der Waals surface area contributed by atoms with Crippen molar-refractivity contribution in [1.82, 2.24) is 5.32 Å². The standard InChI is InChI=1S/C31H30FN3O5S/c1-2-40-26-16-14-25(15-17-26)35(41(38,39)27-18-12-24(32)13-19-27)22-30(36)34-29-11-7-6-10-28(29)31(37)33-21-20-23-8-4-3-5-9-23/h3-19H,2,20-22H2,1H3,(H,33,37)(H,34,36). The first kappa shape index (κ1) is 29.3. The molecule has 41 heavy (non-hydrogen) atoms. The lowest BCUT2D eigenvalue weighted by molar-refractivity contribution is -0.114. The molecule has 8 nitrogen and oxygen atoms in total. The molecule has 0 spiro atoms. The SMILES string of the molecule is CCOc1ccc(N(CC(=O)Nc2ccccc2C(=O)NCCc2ccccc2)S(=O)(=O)c2ccc(F)cc2)cc1. The first-order chi connectivity index (χ1) is 19.8. The Bertz CT molecular complexity index is 1580. The molecular weight excluding hydrogens is 545 g/mol. The van der Waals surface area contributed by atoms with Crippen molar-refractivity contribution >= 4 is 33.2 Å². The fraction of sp³-hybridized carbons (Fsp3) is 0.161. The Morgan fingerprint density at radius 2 is 1.51 bits per heavy atom. The summed E-state index contributed by atoms with van der Waals surface area (Å²) < 4.78 is 47.0. The van der Waals surface area contributed by atoms with Crippen LogP contribution < -0.4 is 19.7 Å². The summed E-state index contributed by atoms with van der Waals surface area (Å²) in [5, 5.41) is 5.53. The first-order valence-corrected chi connectivity index (χ1v) is 14.4. The number of hydrogen-bond acceptors (Lipinski definition) is 5. The molecule has 2 N–H and O–H groups in total. The molecule has 212 valence electrons. The van der Waals surface area contributed by atoms with Gasteiger partial charge in [0, 0.05) is 6.54 Å². The van der Waals surface area contributed by atoms with Crippen molar-refractivity contribution in [2.75, 3.05) is 29.3 Å². The van der Waals surface area contributed by atoms with E-state index < -0.39 is 28.3 Å². The minimum absolute atomic E-state index is 0.182. The smallest absolute Gasteiger partial charge is 0.264 e. The van der Waals surface area contributed by atoms with E-state index in [4.69, 9.17) is 4.74 Å². The Hall–Kier alpha value is -4.70. The molecule has 0 aliphatic heterocycles. The topological polar surface area (TPSA) is 105 Å². The molecule has 4 aromatic carbocycles. The summed E-state index contributed by atoms with van der Waals surface area (Å²) in [5.74, 6) is -1.10. The summed E-state index contributed by atoms with van der Waals surface area (Å²) in [4.78, 5) is 26.0. The van der Waals surface area contributed by atoms with Crippen molar-refractivity contribution in [3.05, 3.63) is 120 Å². The van der Waals surface area contributed by atoms with Crippen LogP contribution in [0.5, 0.6) is 5.75 Å². The van der Waals surface area contributed by atoms with Crippen molar-refractivity contribution in [3.8, 4) is 5.75 Å². The number of carbonyl (C=O) groups excluding carboxylic acids is 2. The average Bonchev–Trinajstić information content (AvgIpc) is 2.97. The third-order valence-corrected chi connectivity index (χ3v) is 7.90. The molecule has 0 aliphatic rings. The van der Waals surface area contributed by atoms with Gasteiger partial charge >= 0.3 is 0 Å². The van der Waals surface area contributed by atoms with Gasteiger partial charge in [0.05, 0.1) is 28.4 Å². The van der Waals surface area contributed by atoms with Crippen LogP contribution in [-0.4, -0.2) is 39.9 Å². The van der Waals surface area contributed by atoms with Crippen molar-refractivity contribution in [1.29, 1.82) is 0 Å². The lowest BCUT2D eigenvalue weighted by Gasteiger charge is -2.24. The number of hydrogen-bond donors (Lipinski definition) is 2. The molecule has 4 rings (SSSR count). The van der Waals surface area contributed by atoms with Gasteiger partial charge in [0.15, 0.2) is 0 Å². The number of anilines is 2. The Labute approximate surface area is 238 Å². The van der Waals surface area contributed by atoms with Gasteiger partial charge in [-0.1, -0.05) is 42.5 Å². The number of halogens is 1. The molecule has 0 fully saturated rings. The van der Waals surface area contributed by atoms with Crippen LogP contribution in [-0.2, 0) is 21.2 Å². The Morgan fingerprint density at radius 1 is 0.854 bits per heavy atom. The first-order valence-electron chi connectivity index (χ1n) is 13.0. The zero-order chi connectivity index (χ0) is 29.2. The molecule has 0 aliphatic carbocycles. The highest BCUT2D eigenvalue weighted by Crippen LogP contribution is 2.26. The quantitative estimate of drug-likeness (QED) is 0.247. The third kappa shape index (κ3) is 7.70. The van der Waals surface area contributed by atoms with E-state index in [9.17, 15) is 22.4 Å². The molecule has 0 heterocycles. The second-order valence-corrected chi connectivity index (χ2v) is 10.8. The minimum atomic E-state index is -4.26. The van der Waals surface area contributed by atoms with Crippen LogP contribution in [0.15, 0.2) is 108 Å². The highest BCUT2D eigenvalue weighted by molar-refractivity contribution is 7.92. The molecule has 0 aromatic heterocycles. The van der Waals surface area contributed by atoms with E-state index in [0.29, 0.717) is 25.3 Å². The second kappa shape index (κ2) is 13.6. The largest absolute Gasteiger partial charge is 0.494 e. The van der Waals surface area contributed by atoms with Crippen LogP contribution in [0.3, 0.4) is 0 Å². The number of sulfonamides is 1. The normalized spacial score (nSPS) is 11.0. The molecule has 0 saturated heterocycles. The van der Waals surface area contributed by atoms with Gasteiger partial charge in [-0.3, -0.25) is 13.9 Å². The van der Waals surface area contributed by atoms with Gasteiger partial charge in [-0.2, -0.15) is 0 Å². The van der Waals surface area contributed by atoms with E-state index >= 15 is 0 Å². The molecule has 0 unspecified atom stereocenters. The summed E-state index contributed by atoms with van der Waals surface area (Å²) in [6.07, 6.45) is 0.638. The van der Waals surface area contributed by atoms with Gasteiger partial charge in [0.1, 0.15) is 18.1 Å². The van der Waals surface area contributed by atoms with Crippen molar-refractivity contribution in [2.45, 2.75) is 18.2 Å². The Balaban J connectivity index is 1.53. The van der Waals surface area contributed by atoms with E-state index in [1.807, 2.05) is 37.3 Å². The predicted octanol–water partition coefficient (Wildman–Crippen LogP) is 5.03. The van der Waals surface area contributed by atoms with Gasteiger partial charge < -0.3 is 15.4 Å². The highest BCUT2D eigenvalue weighted by atomic mass is 32.2. The fourth-order valence-corrected chi connectivity index (χ4v) is 5.52. The van der Waals surface area contributed by atoms with Crippen molar-refractivity contribution in [2.24, 2.45) is 0 Å². The predicted molar refractivity (Wildman–Crippen MR) is 156 cm³/mol. The Morgan fingerprint density at radius 3 is 2.20 bits per heavy atom. The summed E-state index contributed by atoms with van der Waals surface area (Å²) in [5.41, 5.74) is 1.76. The Kier molecular flexibility index (Phi) is 9.70. The van der Waals surface area contributed by atoms with E-state index in [1.165, 1.54) is 12.1 Å². The number of nitrogens with zero attached hydrogens (tertiary/aromatic N) is 1. The number of ether oxygens (including phenoxy) is 1. The van der Waals surface area contributed by atoms with Crippen LogP contribution in [0.2, 0.25) is 0 Å². The zero-order valence-electron chi connectivity index (χ0n) is 22.4. The molecule has 4 aromatic rings. The van der Waals surface area contributed by atoms with Crippen LogP contribution in [0.1, 0.15) is 22.8 Å². The van der Waals surface area contributed by atoms with E-state index in [2.05, 4.69) is 10.6 Å². The summed E-state index contributed by atoms with van der Waals surface area (Å²) in [6, 6.07) is 26.8. The van der Waals surface area contributed by atoms with Crippen LogP contribution >= 0.6 is 0 Å². The number of carbonyl (C=O) groups is 2. The van der Waals surface area contributed by atoms with E-state index in [0.717, 1.165) is 34.1 Å². The van der Waals surface area contributed by atoms with Crippen molar-refractivity contribution in [3.63, 3.8) is 0 Å². The summed E-state index contributed by atoms with van der Waals surface area (Å²) in [6.45, 7) is 2.05. The maximum Gasteiger partial charge on any atom is 0.264 e. The molecule has 10 heteroatoms. The highest BCUT2D eigenvalue weighted by Gasteiger charge is 2.28. The average molecular weight is 576 g/mol. The molecule has 0 radical (unpaired) electrons. The summed E-state index contributed by atoms with van der Waals surface area (Å²) in [7, 11) is -4.26. The second-order valence-electron chi connectivity index (χ2n) is 8.98. The molecular formula is C31H30FN3O5S. The van der Waals surface area contributed by atoms with E-state index in [1.54, 1.807) is 36.4 Å².